The van der Waals surface area contributed by atoms with Crippen LogP contribution in [0.15, 0.2) is 0 Å². The molecule has 1 fully saturated rings. The molecule has 0 saturated carbocycles. The zero-order valence-electron chi connectivity index (χ0n) is 13.0. The van der Waals surface area contributed by atoms with Crippen LogP contribution in [-0.2, 0) is 0 Å². The molecule has 1 aliphatic heterocycles. The molecule has 0 aromatic heterocycles. The Morgan fingerprint density at radius 1 is 1.12 bits per heavy atom. The lowest BCUT2D eigenvalue weighted by molar-refractivity contribution is -0.902. The van der Waals surface area contributed by atoms with Crippen molar-refractivity contribution in [1.82, 2.24) is 0 Å². The summed E-state index contributed by atoms with van der Waals surface area (Å²) >= 11 is 0. The predicted octanol–water partition coefficient (Wildman–Crippen LogP) is 4.18. The van der Waals surface area contributed by atoms with Crippen LogP contribution < -0.4 is 0 Å². The van der Waals surface area contributed by atoms with Crippen LogP contribution in [0.2, 0.25) is 0 Å². The lowest BCUT2D eigenvalue weighted by Gasteiger charge is -2.42. The molecule has 102 valence electrons. The molecule has 0 bridgehead atoms. The minimum atomic E-state index is 0.911. The normalized spacial score (nSPS) is 32.1. The lowest BCUT2D eigenvalue weighted by Crippen LogP contribution is -2.50. The molecule has 0 aromatic rings. The van der Waals surface area contributed by atoms with E-state index in [2.05, 4.69) is 41.8 Å². The van der Waals surface area contributed by atoms with Crippen molar-refractivity contribution in [2.45, 2.75) is 53.4 Å². The topological polar surface area (TPSA) is 0 Å². The molecule has 1 aliphatic rings. The molecule has 4 atom stereocenters. The van der Waals surface area contributed by atoms with Crippen molar-refractivity contribution >= 4 is 0 Å². The molecule has 17 heavy (non-hydrogen) atoms. The molecule has 0 aliphatic carbocycles. The van der Waals surface area contributed by atoms with Crippen LogP contribution in [0.3, 0.4) is 0 Å². The van der Waals surface area contributed by atoms with Gasteiger partial charge < -0.3 is 4.48 Å². The number of piperidine rings is 1. The van der Waals surface area contributed by atoms with E-state index in [0.29, 0.717) is 0 Å². The molecule has 0 N–H and O–H groups in total. The first kappa shape index (κ1) is 15.0. The number of rotatable bonds is 5. The van der Waals surface area contributed by atoms with Gasteiger partial charge in [0.2, 0.25) is 0 Å². The monoisotopic (exact) mass is 240 g/mol. The van der Waals surface area contributed by atoms with Gasteiger partial charge in [0, 0.05) is 11.8 Å². The molecule has 0 aromatic carbocycles. The second-order valence-electron chi connectivity index (χ2n) is 7.60. The van der Waals surface area contributed by atoms with Gasteiger partial charge in [0.15, 0.2) is 0 Å². The first-order chi connectivity index (χ1) is 7.82. The van der Waals surface area contributed by atoms with Gasteiger partial charge in [0.1, 0.15) is 0 Å². The van der Waals surface area contributed by atoms with E-state index in [1.165, 1.54) is 43.3 Å². The van der Waals surface area contributed by atoms with Crippen LogP contribution in [0.25, 0.3) is 0 Å². The molecule has 1 nitrogen and oxygen atoms in total. The van der Waals surface area contributed by atoms with E-state index in [1.807, 2.05) is 0 Å². The summed E-state index contributed by atoms with van der Waals surface area (Å²) < 4.78 is 1.24. The van der Waals surface area contributed by atoms with Crippen molar-refractivity contribution < 1.29 is 4.48 Å². The fraction of sp³-hybridized carbons (Fsp3) is 1.00. The Balaban J connectivity index is 2.40. The lowest BCUT2D eigenvalue weighted by atomic mass is 9.81. The Morgan fingerprint density at radius 3 is 2.29 bits per heavy atom. The molecule has 1 saturated heterocycles. The van der Waals surface area contributed by atoms with E-state index >= 15 is 0 Å². The SMILES string of the molecule is CCC(C)CC(C)CC1CC(C)C[N+](C)(C)C1. The highest BCUT2D eigenvalue weighted by Gasteiger charge is 2.32. The quantitative estimate of drug-likeness (QED) is 0.632. The van der Waals surface area contributed by atoms with Crippen molar-refractivity contribution in [2.75, 3.05) is 27.2 Å². The highest BCUT2D eigenvalue weighted by molar-refractivity contribution is 4.72. The summed E-state index contributed by atoms with van der Waals surface area (Å²) in [6.45, 7) is 12.4. The second kappa shape index (κ2) is 6.22. The standard InChI is InChI=1S/C16H34N/c1-7-13(2)8-14(3)9-16-10-15(4)11-17(5,6)12-16/h13-16H,7-12H2,1-6H3/q+1. The number of nitrogens with zero attached hydrogens (tertiary/aromatic N) is 1. The average molecular weight is 240 g/mol. The first-order valence-electron chi connectivity index (χ1n) is 7.64. The van der Waals surface area contributed by atoms with Gasteiger partial charge in [0.25, 0.3) is 0 Å². The van der Waals surface area contributed by atoms with Crippen LogP contribution in [0.1, 0.15) is 53.4 Å². The highest BCUT2D eigenvalue weighted by atomic mass is 15.3. The molecular weight excluding hydrogens is 206 g/mol. The van der Waals surface area contributed by atoms with Crippen molar-refractivity contribution in [3.63, 3.8) is 0 Å². The van der Waals surface area contributed by atoms with Gasteiger partial charge in [-0.05, 0) is 31.1 Å². The number of hydrogen-bond donors (Lipinski definition) is 0. The first-order valence-corrected chi connectivity index (χ1v) is 7.64. The minimum absolute atomic E-state index is 0.911. The molecule has 1 heteroatoms. The molecule has 0 spiro atoms. The maximum absolute atomic E-state index is 2.46. The number of hydrogen-bond acceptors (Lipinski definition) is 0. The van der Waals surface area contributed by atoms with Crippen LogP contribution in [-0.4, -0.2) is 31.7 Å². The third kappa shape index (κ3) is 5.42. The van der Waals surface area contributed by atoms with E-state index in [9.17, 15) is 0 Å². The van der Waals surface area contributed by atoms with E-state index in [1.54, 1.807) is 0 Å². The largest absolute Gasteiger partial charge is 0.328 e. The van der Waals surface area contributed by atoms with Crippen molar-refractivity contribution in [1.29, 1.82) is 0 Å². The molecule has 0 amide bonds. The predicted molar refractivity (Wildman–Crippen MR) is 77.0 cm³/mol. The third-order valence-electron chi connectivity index (χ3n) is 4.53. The fourth-order valence-corrected chi connectivity index (χ4v) is 4.02. The second-order valence-corrected chi connectivity index (χ2v) is 7.60. The smallest absolute Gasteiger partial charge is 0.0811 e. The average Bonchev–Trinajstić information content (AvgIpc) is 2.13. The zero-order chi connectivity index (χ0) is 13.1. The van der Waals surface area contributed by atoms with Gasteiger partial charge in [-0.15, -0.1) is 0 Å². The maximum Gasteiger partial charge on any atom is 0.0811 e. The maximum atomic E-state index is 2.46. The molecule has 4 unspecified atom stereocenters. The summed E-state index contributed by atoms with van der Waals surface area (Å²) in [6.07, 6.45) is 5.69. The van der Waals surface area contributed by atoms with Gasteiger partial charge in [-0.25, -0.2) is 0 Å². The van der Waals surface area contributed by atoms with Gasteiger partial charge in [-0.2, -0.15) is 0 Å². The van der Waals surface area contributed by atoms with Gasteiger partial charge >= 0.3 is 0 Å². The Morgan fingerprint density at radius 2 is 1.76 bits per heavy atom. The molecule has 1 heterocycles. The van der Waals surface area contributed by atoms with Crippen LogP contribution in [0.5, 0.6) is 0 Å². The van der Waals surface area contributed by atoms with Crippen LogP contribution in [0.4, 0.5) is 0 Å². The van der Waals surface area contributed by atoms with E-state index in [0.717, 1.165) is 23.7 Å². The van der Waals surface area contributed by atoms with Gasteiger partial charge in [-0.3, -0.25) is 0 Å². The van der Waals surface area contributed by atoms with Crippen molar-refractivity contribution in [3.05, 3.63) is 0 Å². The van der Waals surface area contributed by atoms with Crippen LogP contribution in [0, 0.1) is 23.7 Å². The Hall–Kier alpha value is -0.0400. The van der Waals surface area contributed by atoms with E-state index in [-0.39, 0.29) is 0 Å². The van der Waals surface area contributed by atoms with Crippen molar-refractivity contribution in [2.24, 2.45) is 23.7 Å². The summed E-state index contributed by atoms with van der Waals surface area (Å²) in [5.74, 6) is 3.71. The molecule has 1 rings (SSSR count). The number of quaternary nitrogens is 1. The van der Waals surface area contributed by atoms with E-state index < -0.39 is 0 Å². The number of likely N-dealkylation sites (tertiary alicyclic amines) is 1. The summed E-state index contributed by atoms with van der Waals surface area (Å²) in [5.41, 5.74) is 0. The van der Waals surface area contributed by atoms with Crippen LogP contribution >= 0.6 is 0 Å². The third-order valence-corrected chi connectivity index (χ3v) is 4.53. The minimum Gasteiger partial charge on any atom is -0.328 e. The van der Waals surface area contributed by atoms with E-state index in [4.69, 9.17) is 0 Å². The molecular formula is C16H34N+. The summed E-state index contributed by atoms with van der Waals surface area (Å²) in [7, 11) is 4.81. The summed E-state index contributed by atoms with van der Waals surface area (Å²) in [4.78, 5) is 0. The highest BCUT2D eigenvalue weighted by Crippen LogP contribution is 2.31. The summed E-state index contributed by atoms with van der Waals surface area (Å²) in [6, 6.07) is 0. The summed E-state index contributed by atoms with van der Waals surface area (Å²) in [5, 5.41) is 0. The van der Waals surface area contributed by atoms with Crippen molar-refractivity contribution in [3.8, 4) is 0 Å². The molecule has 0 radical (unpaired) electrons. The Bertz CT molecular complexity index is 222. The van der Waals surface area contributed by atoms with Gasteiger partial charge in [0.05, 0.1) is 27.2 Å². The fourth-order valence-electron chi connectivity index (χ4n) is 4.02. The Labute approximate surface area is 109 Å². The Kier molecular flexibility index (Phi) is 5.50. The van der Waals surface area contributed by atoms with Gasteiger partial charge in [-0.1, -0.05) is 34.1 Å². The zero-order valence-corrected chi connectivity index (χ0v) is 13.0.